The zero-order valence-corrected chi connectivity index (χ0v) is 12.6. The van der Waals surface area contributed by atoms with Crippen molar-refractivity contribution >= 4 is 9.84 Å². The molecule has 2 fully saturated rings. The molecule has 0 aromatic carbocycles. The summed E-state index contributed by atoms with van der Waals surface area (Å²) in [6.07, 6.45) is 1.96. The predicted molar refractivity (Wildman–Crippen MR) is 74.5 cm³/mol. The molecule has 4 nitrogen and oxygen atoms in total. The van der Waals surface area contributed by atoms with E-state index in [2.05, 4.69) is 31.0 Å². The summed E-state index contributed by atoms with van der Waals surface area (Å²) in [5.41, 5.74) is 0.185. The van der Waals surface area contributed by atoms with Crippen LogP contribution in [0.5, 0.6) is 0 Å². The van der Waals surface area contributed by atoms with Crippen LogP contribution < -0.4 is 5.32 Å². The Kier molecular flexibility index (Phi) is 4.04. The Labute approximate surface area is 111 Å². The monoisotopic (exact) mass is 274 g/mol. The quantitative estimate of drug-likeness (QED) is 0.830. The van der Waals surface area contributed by atoms with E-state index >= 15 is 0 Å². The Hall–Kier alpha value is -0.130. The first-order chi connectivity index (χ1) is 8.34. The molecule has 18 heavy (non-hydrogen) atoms. The molecule has 1 N–H and O–H groups in total. The summed E-state index contributed by atoms with van der Waals surface area (Å²) in [6, 6.07) is 0.507. The van der Waals surface area contributed by atoms with E-state index in [-0.39, 0.29) is 5.54 Å². The number of rotatable bonds is 3. The minimum atomic E-state index is -2.74. The van der Waals surface area contributed by atoms with Crippen molar-refractivity contribution in [3.8, 4) is 0 Å². The third kappa shape index (κ3) is 3.25. The van der Waals surface area contributed by atoms with Crippen molar-refractivity contribution < 1.29 is 8.42 Å². The van der Waals surface area contributed by atoms with E-state index in [4.69, 9.17) is 0 Å². The smallest absolute Gasteiger partial charge is 0.150 e. The average Bonchev–Trinajstić information content (AvgIpc) is 2.64. The molecule has 0 spiro atoms. The number of nitrogens with zero attached hydrogens (tertiary/aromatic N) is 1. The second-order valence-electron chi connectivity index (χ2n) is 6.34. The Morgan fingerprint density at radius 1 is 1.44 bits per heavy atom. The van der Waals surface area contributed by atoms with E-state index in [0.29, 0.717) is 23.5 Å². The first kappa shape index (κ1) is 14.3. The molecule has 5 heteroatoms. The lowest BCUT2D eigenvalue weighted by molar-refractivity contribution is 0.0811. The minimum Gasteiger partial charge on any atom is -0.309 e. The van der Waals surface area contributed by atoms with Gasteiger partial charge in [0, 0.05) is 31.2 Å². The zero-order valence-electron chi connectivity index (χ0n) is 11.8. The van der Waals surface area contributed by atoms with Gasteiger partial charge in [-0.05, 0) is 32.6 Å². The second kappa shape index (κ2) is 5.10. The normalized spacial score (nSPS) is 41.1. The van der Waals surface area contributed by atoms with Gasteiger partial charge in [0.2, 0.25) is 0 Å². The van der Waals surface area contributed by atoms with Crippen molar-refractivity contribution in [3.63, 3.8) is 0 Å². The molecule has 3 atom stereocenters. The van der Waals surface area contributed by atoms with Gasteiger partial charge < -0.3 is 5.32 Å². The van der Waals surface area contributed by atoms with E-state index in [1.165, 1.54) is 0 Å². The highest BCUT2D eigenvalue weighted by atomic mass is 32.2. The molecule has 2 heterocycles. The van der Waals surface area contributed by atoms with Crippen LogP contribution in [0.2, 0.25) is 0 Å². The Bertz CT molecular complexity index is 396. The van der Waals surface area contributed by atoms with Gasteiger partial charge in [0.1, 0.15) is 0 Å². The molecule has 0 aromatic rings. The lowest BCUT2D eigenvalue weighted by atomic mass is 9.93. The molecule has 2 aliphatic rings. The summed E-state index contributed by atoms with van der Waals surface area (Å²) >= 11 is 0. The molecule has 2 saturated heterocycles. The molecule has 0 aliphatic carbocycles. The fourth-order valence-electron chi connectivity index (χ4n) is 3.01. The summed E-state index contributed by atoms with van der Waals surface area (Å²) in [5.74, 6) is 1.13. The molecule has 0 amide bonds. The zero-order chi connectivity index (χ0) is 13.4. The molecule has 0 bridgehead atoms. The van der Waals surface area contributed by atoms with Crippen LogP contribution in [-0.2, 0) is 9.84 Å². The second-order valence-corrected chi connectivity index (χ2v) is 8.57. The summed E-state index contributed by atoms with van der Waals surface area (Å²) in [4.78, 5) is 2.48. The van der Waals surface area contributed by atoms with Crippen LogP contribution in [0, 0.1) is 5.92 Å². The highest BCUT2D eigenvalue weighted by Crippen LogP contribution is 2.24. The van der Waals surface area contributed by atoms with Gasteiger partial charge in [0.25, 0.3) is 0 Å². The fraction of sp³-hybridized carbons (Fsp3) is 1.00. The number of piperazine rings is 1. The summed E-state index contributed by atoms with van der Waals surface area (Å²) in [5, 5.41) is 3.61. The van der Waals surface area contributed by atoms with Crippen molar-refractivity contribution in [2.75, 3.05) is 31.1 Å². The van der Waals surface area contributed by atoms with Crippen molar-refractivity contribution in [1.29, 1.82) is 0 Å². The molecule has 2 aliphatic heterocycles. The first-order valence-electron chi connectivity index (χ1n) is 7.03. The highest BCUT2D eigenvalue weighted by molar-refractivity contribution is 7.91. The Morgan fingerprint density at radius 3 is 2.72 bits per heavy atom. The number of hydrogen-bond acceptors (Lipinski definition) is 4. The maximum absolute atomic E-state index is 11.5. The van der Waals surface area contributed by atoms with Gasteiger partial charge in [-0.3, -0.25) is 4.90 Å². The number of nitrogens with one attached hydrogen (secondary N) is 1. The highest BCUT2D eigenvalue weighted by Gasteiger charge is 2.36. The largest absolute Gasteiger partial charge is 0.309 e. The summed E-state index contributed by atoms with van der Waals surface area (Å²) < 4.78 is 23.0. The van der Waals surface area contributed by atoms with Crippen LogP contribution in [0.3, 0.4) is 0 Å². The van der Waals surface area contributed by atoms with Gasteiger partial charge in [0.15, 0.2) is 9.84 Å². The van der Waals surface area contributed by atoms with Crippen molar-refractivity contribution in [2.24, 2.45) is 5.92 Å². The SMILES string of the molecule is CCC1(C)CN(CC2CCS(=O)(=O)C2)C(C)CN1. The van der Waals surface area contributed by atoms with Crippen LogP contribution >= 0.6 is 0 Å². The lowest BCUT2D eigenvalue weighted by Crippen LogP contribution is -2.62. The van der Waals surface area contributed by atoms with Crippen molar-refractivity contribution in [3.05, 3.63) is 0 Å². The molecule has 2 rings (SSSR count). The van der Waals surface area contributed by atoms with Crippen molar-refractivity contribution in [2.45, 2.75) is 45.2 Å². The summed E-state index contributed by atoms with van der Waals surface area (Å²) in [7, 11) is -2.74. The van der Waals surface area contributed by atoms with E-state index in [0.717, 1.165) is 32.5 Å². The van der Waals surface area contributed by atoms with Crippen LogP contribution in [0.1, 0.15) is 33.6 Å². The first-order valence-corrected chi connectivity index (χ1v) is 8.85. The van der Waals surface area contributed by atoms with E-state index in [1.807, 2.05) is 0 Å². The lowest BCUT2D eigenvalue weighted by Gasteiger charge is -2.45. The molecule has 3 unspecified atom stereocenters. The molecular formula is C13H26N2O2S. The number of hydrogen-bond donors (Lipinski definition) is 1. The predicted octanol–water partition coefficient (Wildman–Crippen LogP) is 0.884. The topological polar surface area (TPSA) is 49.4 Å². The van der Waals surface area contributed by atoms with Gasteiger partial charge in [0.05, 0.1) is 11.5 Å². The van der Waals surface area contributed by atoms with Crippen LogP contribution in [0.4, 0.5) is 0 Å². The van der Waals surface area contributed by atoms with Crippen LogP contribution in [0.15, 0.2) is 0 Å². The van der Waals surface area contributed by atoms with E-state index in [1.54, 1.807) is 0 Å². The van der Waals surface area contributed by atoms with Gasteiger partial charge >= 0.3 is 0 Å². The fourth-order valence-corrected chi connectivity index (χ4v) is 4.86. The third-order valence-corrected chi connectivity index (χ3v) is 6.44. The Morgan fingerprint density at radius 2 is 2.17 bits per heavy atom. The maximum Gasteiger partial charge on any atom is 0.150 e. The molecule has 0 radical (unpaired) electrons. The van der Waals surface area contributed by atoms with Gasteiger partial charge in [-0.15, -0.1) is 0 Å². The Balaban J connectivity index is 1.95. The third-order valence-electron chi connectivity index (χ3n) is 4.60. The van der Waals surface area contributed by atoms with Gasteiger partial charge in [-0.1, -0.05) is 6.92 Å². The molecule has 0 saturated carbocycles. The maximum atomic E-state index is 11.5. The van der Waals surface area contributed by atoms with Gasteiger partial charge in [-0.25, -0.2) is 8.42 Å². The van der Waals surface area contributed by atoms with Crippen molar-refractivity contribution in [1.82, 2.24) is 10.2 Å². The molecule has 106 valence electrons. The molecule has 0 aromatic heterocycles. The van der Waals surface area contributed by atoms with E-state index in [9.17, 15) is 8.42 Å². The van der Waals surface area contributed by atoms with Gasteiger partial charge in [-0.2, -0.15) is 0 Å². The number of sulfone groups is 1. The summed E-state index contributed by atoms with van der Waals surface area (Å²) in [6.45, 7) is 9.67. The average molecular weight is 274 g/mol. The van der Waals surface area contributed by atoms with E-state index < -0.39 is 9.84 Å². The van der Waals surface area contributed by atoms with Crippen LogP contribution in [0.25, 0.3) is 0 Å². The molecular weight excluding hydrogens is 248 g/mol. The minimum absolute atomic E-state index is 0.185. The standard InChI is InChI=1S/C13H26N2O2S/c1-4-13(3)10-15(11(2)7-14-13)8-12-5-6-18(16,17)9-12/h11-12,14H,4-10H2,1-3H3. The van der Waals surface area contributed by atoms with Crippen LogP contribution in [-0.4, -0.2) is 56.0 Å².